The molecule has 0 saturated carbocycles. The summed E-state index contributed by atoms with van der Waals surface area (Å²) in [7, 11) is 0. The zero-order valence-corrected chi connectivity index (χ0v) is 11.3. The molecule has 0 radical (unpaired) electrons. The van der Waals surface area contributed by atoms with Gasteiger partial charge in [-0.3, -0.25) is 4.79 Å². The van der Waals surface area contributed by atoms with Crippen molar-refractivity contribution in [3.63, 3.8) is 0 Å². The number of rotatable bonds is 4. The lowest BCUT2D eigenvalue weighted by atomic mass is 9.83. The lowest BCUT2D eigenvalue weighted by Crippen LogP contribution is -2.36. The summed E-state index contributed by atoms with van der Waals surface area (Å²) >= 11 is 0. The zero-order valence-electron chi connectivity index (χ0n) is 11.3. The molecule has 0 aromatic heterocycles. The molecule has 1 heterocycles. The van der Waals surface area contributed by atoms with E-state index in [9.17, 15) is 4.79 Å². The second-order valence-electron chi connectivity index (χ2n) is 5.42. The van der Waals surface area contributed by atoms with E-state index in [0.717, 1.165) is 18.8 Å². The molecule has 19 heavy (non-hydrogen) atoms. The number of amides is 1. The van der Waals surface area contributed by atoms with Gasteiger partial charge in [-0.25, -0.2) is 0 Å². The molecule has 1 N–H and O–H groups in total. The van der Waals surface area contributed by atoms with E-state index in [1.165, 1.54) is 11.1 Å². The zero-order chi connectivity index (χ0) is 13.9. The second kappa shape index (κ2) is 5.31. The number of hydrogen-bond acceptors (Lipinski definition) is 3. The SMILES string of the molecule is CC(C)(CNC(=O)CC#N)c1ccc2c(c1)CCO2. The normalized spacial score (nSPS) is 13.3. The Hall–Kier alpha value is -2.02. The lowest BCUT2D eigenvalue weighted by Gasteiger charge is -2.26. The van der Waals surface area contributed by atoms with Crippen LogP contribution in [0.4, 0.5) is 0 Å². The van der Waals surface area contributed by atoms with Crippen LogP contribution in [0.3, 0.4) is 0 Å². The van der Waals surface area contributed by atoms with Gasteiger partial charge in [-0.05, 0) is 17.2 Å². The number of carbonyl (C=O) groups excluding carboxylic acids is 1. The molecule has 0 aliphatic carbocycles. The molecule has 4 heteroatoms. The fourth-order valence-corrected chi connectivity index (χ4v) is 2.16. The second-order valence-corrected chi connectivity index (χ2v) is 5.42. The van der Waals surface area contributed by atoms with Crippen LogP contribution in [0.1, 0.15) is 31.4 Å². The van der Waals surface area contributed by atoms with Crippen molar-refractivity contribution in [3.05, 3.63) is 29.3 Å². The highest BCUT2D eigenvalue weighted by Gasteiger charge is 2.23. The molecule has 100 valence electrons. The van der Waals surface area contributed by atoms with E-state index in [4.69, 9.17) is 10.00 Å². The van der Waals surface area contributed by atoms with Gasteiger partial charge in [0.2, 0.25) is 5.91 Å². The quantitative estimate of drug-likeness (QED) is 0.897. The number of nitriles is 1. The summed E-state index contributed by atoms with van der Waals surface area (Å²) in [6, 6.07) is 8.04. The van der Waals surface area contributed by atoms with Gasteiger partial charge in [-0.1, -0.05) is 26.0 Å². The smallest absolute Gasteiger partial charge is 0.234 e. The van der Waals surface area contributed by atoms with Gasteiger partial charge in [-0.2, -0.15) is 5.26 Å². The van der Waals surface area contributed by atoms with Gasteiger partial charge >= 0.3 is 0 Å². The molecule has 1 aromatic rings. The molecular weight excluding hydrogens is 240 g/mol. The monoisotopic (exact) mass is 258 g/mol. The molecule has 4 nitrogen and oxygen atoms in total. The van der Waals surface area contributed by atoms with Crippen LogP contribution in [0.25, 0.3) is 0 Å². The predicted octanol–water partition coefficient (Wildman–Crippen LogP) is 1.93. The average Bonchev–Trinajstić information content (AvgIpc) is 2.84. The summed E-state index contributed by atoms with van der Waals surface area (Å²) < 4.78 is 5.49. The van der Waals surface area contributed by atoms with Crippen molar-refractivity contribution in [2.24, 2.45) is 0 Å². The fourth-order valence-electron chi connectivity index (χ4n) is 2.16. The standard InChI is InChI=1S/C15H18N2O2/c1-15(2,10-17-14(18)5-7-16)12-3-4-13-11(9-12)6-8-19-13/h3-4,9H,5-6,8,10H2,1-2H3,(H,17,18). The number of benzene rings is 1. The van der Waals surface area contributed by atoms with Crippen molar-refractivity contribution in [1.82, 2.24) is 5.32 Å². The number of carbonyl (C=O) groups is 1. The van der Waals surface area contributed by atoms with Crippen LogP contribution in [0.2, 0.25) is 0 Å². The Kier molecular flexibility index (Phi) is 3.75. The third-order valence-electron chi connectivity index (χ3n) is 3.44. The Balaban J connectivity index is 2.07. The van der Waals surface area contributed by atoms with Gasteiger partial charge < -0.3 is 10.1 Å². The maximum absolute atomic E-state index is 11.4. The lowest BCUT2D eigenvalue weighted by molar-refractivity contribution is -0.120. The molecule has 0 unspecified atom stereocenters. The van der Waals surface area contributed by atoms with Crippen molar-refractivity contribution in [2.75, 3.05) is 13.2 Å². The third-order valence-corrected chi connectivity index (χ3v) is 3.44. The average molecular weight is 258 g/mol. The minimum atomic E-state index is -0.222. The number of nitrogens with one attached hydrogen (secondary N) is 1. The molecule has 1 aromatic carbocycles. The van der Waals surface area contributed by atoms with Crippen molar-refractivity contribution in [2.45, 2.75) is 32.1 Å². The maximum atomic E-state index is 11.4. The molecule has 1 aliphatic rings. The van der Waals surface area contributed by atoms with Crippen LogP contribution in [0.15, 0.2) is 18.2 Å². The molecule has 1 aliphatic heterocycles. The Morgan fingerprint density at radius 2 is 2.32 bits per heavy atom. The van der Waals surface area contributed by atoms with E-state index >= 15 is 0 Å². The first-order valence-electron chi connectivity index (χ1n) is 6.43. The Bertz CT molecular complexity index is 529. The van der Waals surface area contributed by atoms with Gasteiger partial charge in [0.1, 0.15) is 12.2 Å². The van der Waals surface area contributed by atoms with Crippen molar-refractivity contribution in [3.8, 4) is 11.8 Å². The van der Waals surface area contributed by atoms with E-state index in [1.807, 2.05) is 18.2 Å². The summed E-state index contributed by atoms with van der Waals surface area (Å²) in [5.41, 5.74) is 2.24. The maximum Gasteiger partial charge on any atom is 0.234 e. The van der Waals surface area contributed by atoms with E-state index < -0.39 is 0 Å². The van der Waals surface area contributed by atoms with Crippen LogP contribution in [-0.4, -0.2) is 19.1 Å². The number of ether oxygens (including phenoxy) is 1. The van der Waals surface area contributed by atoms with E-state index in [0.29, 0.717) is 6.54 Å². The minimum Gasteiger partial charge on any atom is -0.493 e. The molecular formula is C15H18N2O2. The van der Waals surface area contributed by atoms with E-state index in [2.05, 4.69) is 25.2 Å². The first kappa shape index (κ1) is 13.4. The first-order valence-corrected chi connectivity index (χ1v) is 6.43. The molecule has 1 amide bonds. The fraction of sp³-hybridized carbons (Fsp3) is 0.467. The largest absolute Gasteiger partial charge is 0.493 e. The van der Waals surface area contributed by atoms with Gasteiger partial charge in [0.15, 0.2) is 0 Å². The summed E-state index contributed by atoms with van der Waals surface area (Å²) in [4.78, 5) is 11.4. The highest BCUT2D eigenvalue weighted by molar-refractivity contribution is 5.78. The third kappa shape index (κ3) is 3.05. The number of hydrogen-bond donors (Lipinski definition) is 1. The van der Waals surface area contributed by atoms with Crippen LogP contribution < -0.4 is 10.1 Å². The van der Waals surface area contributed by atoms with Gasteiger partial charge in [-0.15, -0.1) is 0 Å². The van der Waals surface area contributed by atoms with Crippen molar-refractivity contribution >= 4 is 5.91 Å². The highest BCUT2D eigenvalue weighted by Crippen LogP contribution is 2.31. The van der Waals surface area contributed by atoms with E-state index in [-0.39, 0.29) is 17.7 Å². The van der Waals surface area contributed by atoms with Crippen LogP contribution >= 0.6 is 0 Å². The van der Waals surface area contributed by atoms with Crippen LogP contribution in [0, 0.1) is 11.3 Å². The first-order chi connectivity index (χ1) is 9.03. The minimum absolute atomic E-state index is 0.0892. The highest BCUT2D eigenvalue weighted by atomic mass is 16.5. The Morgan fingerprint density at radius 1 is 1.53 bits per heavy atom. The summed E-state index contributed by atoms with van der Waals surface area (Å²) in [5, 5.41) is 11.3. The number of nitrogens with zero attached hydrogens (tertiary/aromatic N) is 1. The predicted molar refractivity (Wildman–Crippen MR) is 71.9 cm³/mol. The molecule has 0 fully saturated rings. The van der Waals surface area contributed by atoms with E-state index in [1.54, 1.807) is 0 Å². The van der Waals surface area contributed by atoms with Crippen molar-refractivity contribution in [1.29, 1.82) is 5.26 Å². The Morgan fingerprint density at radius 3 is 3.05 bits per heavy atom. The molecule has 0 spiro atoms. The van der Waals surface area contributed by atoms with Gasteiger partial charge in [0, 0.05) is 18.4 Å². The number of fused-ring (bicyclic) bond motifs is 1. The molecule has 0 atom stereocenters. The molecule has 0 bridgehead atoms. The summed E-state index contributed by atoms with van der Waals surface area (Å²) in [5.74, 6) is 0.744. The van der Waals surface area contributed by atoms with Gasteiger partial charge in [0.05, 0.1) is 12.7 Å². The van der Waals surface area contributed by atoms with Gasteiger partial charge in [0.25, 0.3) is 0 Å². The summed E-state index contributed by atoms with van der Waals surface area (Å²) in [6.07, 6.45) is 0.855. The van der Waals surface area contributed by atoms with Crippen molar-refractivity contribution < 1.29 is 9.53 Å². The Labute approximate surface area is 113 Å². The summed E-state index contributed by atoms with van der Waals surface area (Å²) in [6.45, 7) is 5.43. The topological polar surface area (TPSA) is 62.1 Å². The molecule has 0 saturated heterocycles. The molecule has 2 rings (SSSR count). The van der Waals surface area contributed by atoms with Crippen LogP contribution in [-0.2, 0) is 16.6 Å². The van der Waals surface area contributed by atoms with Crippen LogP contribution in [0.5, 0.6) is 5.75 Å².